The lowest BCUT2D eigenvalue weighted by atomic mass is 9.74. The van der Waals surface area contributed by atoms with Crippen LogP contribution in [0.3, 0.4) is 0 Å². The lowest BCUT2D eigenvalue weighted by Gasteiger charge is -2.37. The number of para-hydroxylation sites is 1. The molecule has 2 rings (SSSR count). The van der Waals surface area contributed by atoms with Gasteiger partial charge in [0.2, 0.25) is 0 Å². The number of aryl methyl sites for hydroxylation is 1. The van der Waals surface area contributed by atoms with Crippen molar-refractivity contribution in [2.24, 2.45) is 12.8 Å². The van der Waals surface area contributed by atoms with Crippen molar-refractivity contribution in [3.8, 4) is 0 Å². The fourth-order valence-corrected chi connectivity index (χ4v) is 3.16. The SMILES string of the molecule is Cn1c(C(C)(C)C(C)(C)N)nc2c(S(C)(=O)=O)cccc21. The number of rotatable bonds is 3. The molecule has 21 heavy (non-hydrogen) atoms. The predicted molar refractivity (Wildman–Crippen MR) is 85.1 cm³/mol. The van der Waals surface area contributed by atoms with Crippen molar-refractivity contribution in [1.82, 2.24) is 9.55 Å². The van der Waals surface area contributed by atoms with Crippen LogP contribution in [0.5, 0.6) is 0 Å². The Morgan fingerprint density at radius 3 is 2.24 bits per heavy atom. The zero-order valence-corrected chi connectivity index (χ0v) is 14.2. The Labute approximate surface area is 126 Å². The van der Waals surface area contributed by atoms with E-state index in [0.717, 1.165) is 11.3 Å². The molecule has 5 nitrogen and oxygen atoms in total. The Morgan fingerprint density at radius 1 is 1.19 bits per heavy atom. The lowest BCUT2D eigenvalue weighted by Crippen LogP contribution is -2.51. The molecule has 0 aliphatic carbocycles. The summed E-state index contributed by atoms with van der Waals surface area (Å²) in [5.41, 5.74) is 6.69. The van der Waals surface area contributed by atoms with Crippen LogP contribution in [0.4, 0.5) is 0 Å². The minimum atomic E-state index is -3.32. The standard InChI is InChI=1S/C15H23N3O2S/c1-14(2,15(3,4)16)13-17-12-10(18(13)5)8-7-9-11(12)21(6,19)20/h7-9H,16H2,1-6H3. The van der Waals surface area contributed by atoms with Crippen molar-refractivity contribution in [2.45, 2.75) is 43.5 Å². The normalized spacial score (nSPS) is 13.9. The number of fused-ring (bicyclic) bond motifs is 1. The third-order valence-electron chi connectivity index (χ3n) is 4.44. The quantitative estimate of drug-likeness (QED) is 0.940. The van der Waals surface area contributed by atoms with Crippen LogP contribution in [0.25, 0.3) is 11.0 Å². The number of imidazole rings is 1. The first-order chi connectivity index (χ1) is 9.37. The van der Waals surface area contributed by atoms with E-state index >= 15 is 0 Å². The van der Waals surface area contributed by atoms with Crippen molar-refractivity contribution in [3.05, 3.63) is 24.0 Å². The summed E-state index contributed by atoms with van der Waals surface area (Å²) in [6.45, 7) is 7.94. The molecular weight excluding hydrogens is 286 g/mol. The van der Waals surface area contributed by atoms with Crippen LogP contribution in [-0.2, 0) is 22.3 Å². The van der Waals surface area contributed by atoms with Crippen molar-refractivity contribution in [3.63, 3.8) is 0 Å². The number of hydrogen-bond acceptors (Lipinski definition) is 4. The summed E-state index contributed by atoms with van der Waals surface area (Å²) >= 11 is 0. The third-order valence-corrected chi connectivity index (χ3v) is 5.57. The van der Waals surface area contributed by atoms with E-state index in [0.29, 0.717) is 5.52 Å². The van der Waals surface area contributed by atoms with Gasteiger partial charge in [0, 0.05) is 24.3 Å². The first-order valence-corrected chi connectivity index (χ1v) is 8.71. The molecule has 0 aliphatic rings. The number of hydrogen-bond donors (Lipinski definition) is 1. The highest BCUT2D eigenvalue weighted by Gasteiger charge is 2.39. The molecule has 116 valence electrons. The molecule has 0 unspecified atom stereocenters. The molecule has 0 spiro atoms. The summed E-state index contributed by atoms with van der Waals surface area (Å²) in [4.78, 5) is 4.88. The topological polar surface area (TPSA) is 78.0 Å². The van der Waals surface area contributed by atoms with Crippen LogP contribution in [0.2, 0.25) is 0 Å². The minimum absolute atomic E-state index is 0.257. The van der Waals surface area contributed by atoms with E-state index < -0.39 is 20.8 Å². The summed E-state index contributed by atoms with van der Waals surface area (Å²) in [6.07, 6.45) is 1.20. The largest absolute Gasteiger partial charge is 0.331 e. The van der Waals surface area contributed by atoms with Gasteiger partial charge in [-0.3, -0.25) is 0 Å². The molecule has 0 bridgehead atoms. The van der Waals surface area contributed by atoms with Crippen LogP contribution in [0.1, 0.15) is 33.5 Å². The minimum Gasteiger partial charge on any atom is -0.331 e. The Morgan fingerprint density at radius 2 is 1.76 bits per heavy atom. The molecule has 6 heteroatoms. The molecule has 0 fully saturated rings. The second-order valence-electron chi connectivity index (χ2n) is 6.74. The van der Waals surface area contributed by atoms with Gasteiger partial charge in [-0.05, 0) is 26.0 Å². The van der Waals surface area contributed by atoms with Crippen molar-refractivity contribution >= 4 is 20.9 Å². The summed E-state index contributed by atoms with van der Waals surface area (Å²) < 4.78 is 25.8. The van der Waals surface area contributed by atoms with Gasteiger partial charge in [0.25, 0.3) is 0 Å². The molecular formula is C15H23N3O2S. The van der Waals surface area contributed by atoms with E-state index in [-0.39, 0.29) is 4.90 Å². The van der Waals surface area contributed by atoms with E-state index in [1.54, 1.807) is 12.1 Å². The Hall–Kier alpha value is -1.40. The zero-order chi connectivity index (χ0) is 16.2. The predicted octanol–water partition coefficient (Wildman–Crippen LogP) is 1.99. The molecule has 1 heterocycles. The van der Waals surface area contributed by atoms with Gasteiger partial charge < -0.3 is 10.3 Å². The van der Waals surface area contributed by atoms with Gasteiger partial charge in [-0.2, -0.15) is 0 Å². The fraction of sp³-hybridized carbons (Fsp3) is 0.533. The average molecular weight is 309 g/mol. The molecule has 2 N–H and O–H groups in total. The monoisotopic (exact) mass is 309 g/mol. The van der Waals surface area contributed by atoms with Gasteiger partial charge >= 0.3 is 0 Å². The molecule has 1 aromatic heterocycles. The Kier molecular flexibility index (Phi) is 3.46. The van der Waals surface area contributed by atoms with E-state index in [1.807, 2.05) is 45.4 Å². The molecule has 0 saturated carbocycles. The Bertz CT molecular complexity index is 796. The maximum atomic E-state index is 11.9. The van der Waals surface area contributed by atoms with Gasteiger partial charge in [0.15, 0.2) is 9.84 Å². The molecule has 0 atom stereocenters. The van der Waals surface area contributed by atoms with Crippen LogP contribution in [0.15, 0.2) is 23.1 Å². The second kappa shape index (κ2) is 4.55. The zero-order valence-electron chi connectivity index (χ0n) is 13.4. The van der Waals surface area contributed by atoms with E-state index in [1.165, 1.54) is 6.26 Å². The number of aromatic nitrogens is 2. The summed E-state index contributed by atoms with van der Waals surface area (Å²) in [5, 5.41) is 0. The van der Waals surface area contributed by atoms with Gasteiger partial charge in [0.05, 0.1) is 10.4 Å². The van der Waals surface area contributed by atoms with E-state index in [2.05, 4.69) is 4.98 Å². The molecule has 0 amide bonds. The van der Waals surface area contributed by atoms with Crippen LogP contribution in [-0.4, -0.2) is 29.8 Å². The highest BCUT2D eigenvalue weighted by Crippen LogP contribution is 2.35. The molecule has 0 radical (unpaired) electrons. The van der Waals surface area contributed by atoms with Gasteiger partial charge in [-0.1, -0.05) is 19.9 Å². The van der Waals surface area contributed by atoms with Crippen molar-refractivity contribution in [1.29, 1.82) is 0 Å². The van der Waals surface area contributed by atoms with Gasteiger partial charge in [-0.15, -0.1) is 0 Å². The van der Waals surface area contributed by atoms with Crippen LogP contribution < -0.4 is 5.73 Å². The summed E-state index contributed by atoms with van der Waals surface area (Å²) in [6, 6.07) is 5.21. The number of nitrogens with zero attached hydrogens (tertiary/aromatic N) is 2. The summed E-state index contributed by atoms with van der Waals surface area (Å²) in [5.74, 6) is 0.779. The number of nitrogens with two attached hydrogens (primary N) is 1. The molecule has 2 aromatic rings. The highest BCUT2D eigenvalue weighted by atomic mass is 32.2. The maximum absolute atomic E-state index is 11.9. The van der Waals surface area contributed by atoms with E-state index in [4.69, 9.17) is 5.73 Å². The molecule has 0 saturated heterocycles. The number of sulfone groups is 1. The Balaban J connectivity index is 2.85. The van der Waals surface area contributed by atoms with Gasteiger partial charge in [0.1, 0.15) is 11.3 Å². The maximum Gasteiger partial charge on any atom is 0.177 e. The van der Waals surface area contributed by atoms with Crippen molar-refractivity contribution in [2.75, 3.05) is 6.26 Å². The first-order valence-electron chi connectivity index (χ1n) is 6.82. The van der Waals surface area contributed by atoms with E-state index in [9.17, 15) is 8.42 Å². The van der Waals surface area contributed by atoms with Crippen LogP contribution >= 0.6 is 0 Å². The summed E-state index contributed by atoms with van der Waals surface area (Å²) in [7, 11) is -1.43. The smallest absolute Gasteiger partial charge is 0.177 e. The van der Waals surface area contributed by atoms with Gasteiger partial charge in [-0.25, -0.2) is 13.4 Å². The first kappa shape index (κ1) is 16.0. The highest BCUT2D eigenvalue weighted by molar-refractivity contribution is 7.91. The molecule has 1 aromatic carbocycles. The number of benzene rings is 1. The third kappa shape index (κ3) is 2.46. The lowest BCUT2D eigenvalue weighted by molar-refractivity contribution is 0.286. The average Bonchev–Trinajstić information content (AvgIpc) is 2.65. The van der Waals surface area contributed by atoms with Crippen molar-refractivity contribution < 1.29 is 8.42 Å². The fourth-order valence-electron chi connectivity index (χ4n) is 2.34. The molecule has 0 aliphatic heterocycles. The second-order valence-corrected chi connectivity index (χ2v) is 8.72. The van der Waals surface area contributed by atoms with Crippen LogP contribution in [0, 0.1) is 0 Å².